The largest absolute Gasteiger partial charge is 0.417 e. The van der Waals surface area contributed by atoms with Crippen LogP contribution >= 0.6 is 23.2 Å². The maximum atomic E-state index is 14.1. The molecule has 0 heterocycles. The smallest absolute Gasteiger partial charge is 0.350 e. The monoisotopic (exact) mass is 657 g/mol. The number of carbonyl (C=O) groups excluding carboxylic acids is 2. The predicted octanol–water partition coefficient (Wildman–Crippen LogP) is 6.93. The van der Waals surface area contributed by atoms with Gasteiger partial charge in [-0.3, -0.25) is 13.9 Å². The second-order valence-electron chi connectivity index (χ2n) is 10.8. The van der Waals surface area contributed by atoms with Crippen molar-refractivity contribution < 1.29 is 31.2 Å². The summed E-state index contributed by atoms with van der Waals surface area (Å²) in [5.41, 5.74) is -1.73. The van der Waals surface area contributed by atoms with Crippen molar-refractivity contribution in [2.45, 2.75) is 63.3 Å². The molecule has 1 atom stereocenters. The predicted molar refractivity (Wildman–Crippen MR) is 161 cm³/mol. The third-order valence-corrected chi connectivity index (χ3v) is 8.67. The molecule has 0 radical (unpaired) electrons. The number of sulfonamides is 1. The van der Waals surface area contributed by atoms with Crippen LogP contribution in [0.5, 0.6) is 0 Å². The molecule has 0 spiro atoms. The van der Waals surface area contributed by atoms with Crippen molar-refractivity contribution in [3.8, 4) is 0 Å². The molecular formula is C30H32Cl2F3N3O4S. The molecular weight excluding hydrogens is 626 g/mol. The number of carbonyl (C=O) groups is 2. The van der Waals surface area contributed by atoms with Crippen molar-refractivity contribution in [3.05, 3.63) is 94.0 Å². The summed E-state index contributed by atoms with van der Waals surface area (Å²) >= 11 is 11.8. The number of hydrogen-bond donors (Lipinski definition) is 1. The molecule has 13 heteroatoms. The Morgan fingerprint density at radius 1 is 0.930 bits per heavy atom. The van der Waals surface area contributed by atoms with Gasteiger partial charge in [-0.2, -0.15) is 13.2 Å². The summed E-state index contributed by atoms with van der Waals surface area (Å²) in [4.78, 5) is 28.4. The van der Waals surface area contributed by atoms with Gasteiger partial charge in [0.2, 0.25) is 11.8 Å². The highest BCUT2D eigenvalue weighted by atomic mass is 35.5. The highest BCUT2D eigenvalue weighted by molar-refractivity contribution is 7.92. The summed E-state index contributed by atoms with van der Waals surface area (Å²) in [5.74, 6) is -1.28. The SMILES string of the molecule is CCC(C(=O)NC(C)(C)C)N(Cc1ccc(Cl)cc1)C(=O)CN(c1ccc(Cl)c(C(F)(F)F)c1)S(=O)(=O)c1ccccc1. The summed E-state index contributed by atoms with van der Waals surface area (Å²) in [7, 11) is -4.56. The van der Waals surface area contributed by atoms with E-state index in [0.717, 1.165) is 12.1 Å². The molecule has 3 rings (SSSR count). The normalized spacial score (nSPS) is 12.9. The van der Waals surface area contributed by atoms with Gasteiger partial charge >= 0.3 is 6.18 Å². The lowest BCUT2D eigenvalue weighted by Gasteiger charge is -2.35. The maximum Gasteiger partial charge on any atom is 0.417 e. The van der Waals surface area contributed by atoms with Crippen molar-refractivity contribution in [3.63, 3.8) is 0 Å². The molecule has 0 fully saturated rings. The second-order valence-corrected chi connectivity index (χ2v) is 13.5. The second kappa shape index (κ2) is 13.6. The average Bonchev–Trinajstić information content (AvgIpc) is 2.91. The summed E-state index contributed by atoms with van der Waals surface area (Å²) in [6, 6.07) is 15.1. The minimum absolute atomic E-state index is 0.0975. The first kappa shape index (κ1) is 34.2. The van der Waals surface area contributed by atoms with Crippen molar-refractivity contribution in [1.82, 2.24) is 10.2 Å². The Kier molecular flexibility index (Phi) is 10.8. The summed E-state index contributed by atoms with van der Waals surface area (Å²) in [6.45, 7) is 6.02. The first-order valence-corrected chi connectivity index (χ1v) is 15.4. The molecule has 2 amide bonds. The van der Waals surface area contributed by atoms with Crippen LogP contribution in [-0.2, 0) is 32.3 Å². The van der Waals surface area contributed by atoms with Crippen molar-refractivity contribution in [2.24, 2.45) is 0 Å². The molecule has 0 bridgehead atoms. The van der Waals surface area contributed by atoms with Crippen LogP contribution in [-0.4, -0.2) is 43.3 Å². The fraction of sp³-hybridized carbons (Fsp3) is 0.333. The molecule has 7 nitrogen and oxygen atoms in total. The van der Waals surface area contributed by atoms with Gasteiger partial charge in [0, 0.05) is 17.1 Å². The standard InChI is InChI=1S/C30H32Cl2F3N3O4S/c1-5-26(28(40)36-29(2,3)4)37(18-20-11-13-21(31)14-12-20)27(39)19-38(43(41,42)23-9-7-6-8-10-23)22-15-16-25(32)24(17-22)30(33,34)35/h6-17,26H,5,18-19H2,1-4H3,(H,36,40). The Hall–Kier alpha value is -3.28. The lowest BCUT2D eigenvalue weighted by atomic mass is 10.1. The van der Waals surface area contributed by atoms with E-state index in [1.807, 2.05) is 0 Å². The van der Waals surface area contributed by atoms with Gasteiger partial charge < -0.3 is 10.2 Å². The number of alkyl halides is 3. The third kappa shape index (κ3) is 8.87. The van der Waals surface area contributed by atoms with Gasteiger partial charge in [-0.05, 0) is 75.2 Å². The molecule has 3 aromatic rings. The molecule has 0 saturated carbocycles. The van der Waals surface area contributed by atoms with E-state index in [1.165, 1.54) is 29.2 Å². The number of amides is 2. The summed E-state index contributed by atoms with van der Waals surface area (Å²) < 4.78 is 69.6. The van der Waals surface area contributed by atoms with E-state index in [2.05, 4.69) is 5.32 Å². The lowest BCUT2D eigenvalue weighted by molar-refractivity contribution is -0.141. The van der Waals surface area contributed by atoms with E-state index in [4.69, 9.17) is 23.2 Å². The Morgan fingerprint density at radius 2 is 1.53 bits per heavy atom. The number of nitrogens with one attached hydrogen (secondary N) is 1. The maximum absolute atomic E-state index is 14.1. The Bertz CT molecular complexity index is 1550. The van der Waals surface area contributed by atoms with E-state index in [0.29, 0.717) is 21.0 Å². The average molecular weight is 659 g/mol. The number of rotatable bonds is 10. The van der Waals surface area contributed by atoms with Crippen LogP contribution in [0.3, 0.4) is 0 Å². The lowest BCUT2D eigenvalue weighted by Crippen LogP contribution is -2.55. The van der Waals surface area contributed by atoms with Crippen molar-refractivity contribution >= 4 is 50.7 Å². The van der Waals surface area contributed by atoms with E-state index < -0.39 is 62.4 Å². The first-order valence-electron chi connectivity index (χ1n) is 13.2. The van der Waals surface area contributed by atoms with Crippen LogP contribution in [0, 0.1) is 0 Å². The minimum Gasteiger partial charge on any atom is -0.350 e. The molecule has 232 valence electrons. The van der Waals surface area contributed by atoms with Gasteiger partial charge in [0.25, 0.3) is 10.0 Å². The zero-order chi connectivity index (χ0) is 32.2. The molecule has 0 saturated heterocycles. The van der Waals surface area contributed by atoms with Gasteiger partial charge in [0.05, 0.1) is 21.2 Å². The number of hydrogen-bond acceptors (Lipinski definition) is 4. The highest BCUT2D eigenvalue weighted by Crippen LogP contribution is 2.38. The van der Waals surface area contributed by atoms with Crippen LogP contribution in [0.1, 0.15) is 45.2 Å². The van der Waals surface area contributed by atoms with Gasteiger partial charge in [-0.15, -0.1) is 0 Å². The fourth-order valence-electron chi connectivity index (χ4n) is 4.29. The van der Waals surface area contributed by atoms with Gasteiger partial charge in [0.1, 0.15) is 12.6 Å². The number of nitrogens with zero attached hydrogens (tertiary/aromatic N) is 2. The van der Waals surface area contributed by atoms with Crippen LogP contribution in [0.2, 0.25) is 10.0 Å². The zero-order valence-corrected chi connectivity index (χ0v) is 26.3. The molecule has 0 aliphatic heterocycles. The first-order chi connectivity index (χ1) is 19.9. The number of anilines is 1. The fourth-order valence-corrected chi connectivity index (χ4v) is 6.07. The van der Waals surface area contributed by atoms with E-state index >= 15 is 0 Å². The summed E-state index contributed by atoms with van der Waals surface area (Å²) in [6.07, 6.45) is -4.72. The third-order valence-electron chi connectivity index (χ3n) is 6.30. The van der Waals surface area contributed by atoms with Crippen molar-refractivity contribution in [1.29, 1.82) is 0 Å². The van der Waals surface area contributed by atoms with Crippen LogP contribution in [0.15, 0.2) is 77.7 Å². The summed E-state index contributed by atoms with van der Waals surface area (Å²) in [5, 5.41) is 2.66. The molecule has 43 heavy (non-hydrogen) atoms. The highest BCUT2D eigenvalue weighted by Gasteiger charge is 2.37. The number of halogens is 5. The number of benzene rings is 3. The van der Waals surface area contributed by atoms with Crippen LogP contribution in [0.25, 0.3) is 0 Å². The Morgan fingerprint density at radius 3 is 2.07 bits per heavy atom. The quantitative estimate of drug-likeness (QED) is 0.256. The molecule has 0 aliphatic carbocycles. The molecule has 0 aliphatic rings. The van der Waals surface area contributed by atoms with Crippen LogP contribution in [0.4, 0.5) is 18.9 Å². The molecule has 1 N–H and O–H groups in total. The van der Waals surface area contributed by atoms with Gasteiger partial charge in [-0.25, -0.2) is 8.42 Å². The Labute approximate surface area is 259 Å². The molecule has 1 unspecified atom stereocenters. The van der Waals surface area contributed by atoms with E-state index in [9.17, 15) is 31.2 Å². The topological polar surface area (TPSA) is 86.8 Å². The molecule has 0 aromatic heterocycles. The molecule has 3 aromatic carbocycles. The van der Waals surface area contributed by atoms with Crippen LogP contribution < -0.4 is 9.62 Å². The zero-order valence-electron chi connectivity index (χ0n) is 24.0. The minimum atomic E-state index is -4.89. The van der Waals surface area contributed by atoms with E-state index in [1.54, 1.807) is 58.0 Å². The van der Waals surface area contributed by atoms with E-state index in [-0.39, 0.29) is 17.9 Å². The van der Waals surface area contributed by atoms with Gasteiger partial charge in [-0.1, -0.05) is 60.5 Å². The van der Waals surface area contributed by atoms with Gasteiger partial charge in [0.15, 0.2) is 0 Å². The van der Waals surface area contributed by atoms with Crippen molar-refractivity contribution in [2.75, 3.05) is 10.8 Å². The Balaban J connectivity index is 2.14.